The van der Waals surface area contributed by atoms with Gasteiger partial charge in [-0.3, -0.25) is 10.1 Å². The third-order valence-corrected chi connectivity index (χ3v) is 6.15. The Hall–Kier alpha value is -1.99. The van der Waals surface area contributed by atoms with Crippen molar-refractivity contribution in [1.29, 1.82) is 0 Å². The van der Waals surface area contributed by atoms with Gasteiger partial charge in [-0.1, -0.05) is 29.8 Å². The number of benzene rings is 1. The van der Waals surface area contributed by atoms with E-state index in [2.05, 4.69) is 10.6 Å². The second-order valence-electron chi connectivity index (χ2n) is 5.67. The van der Waals surface area contributed by atoms with Crippen LogP contribution in [0, 0.1) is 6.92 Å². The van der Waals surface area contributed by atoms with Gasteiger partial charge in [0.25, 0.3) is 5.91 Å². The summed E-state index contributed by atoms with van der Waals surface area (Å²) in [5.74, 6) is 1.36. The molecule has 1 aliphatic heterocycles. The molecule has 3 amide bonds. The van der Waals surface area contributed by atoms with E-state index in [1.54, 1.807) is 0 Å². The van der Waals surface area contributed by atoms with Gasteiger partial charge >= 0.3 is 6.03 Å². The summed E-state index contributed by atoms with van der Waals surface area (Å²) in [6.07, 6.45) is 0.821. The normalized spacial score (nSPS) is 13.2. The Morgan fingerprint density at radius 1 is 1.33 bits per heavy atom. The third kappa shape index (κ3) is 3.73. The van der Waals surface area contributed by atoms with Gasteiger partial charge in [-0.05, 0) is 30.2 Å². The largest absolute Gasteiger partial charge is 0.365 e. The molecule has 0 radical (unpaired) electrons. The van der Waals surface area contributed by atoms with E-state index in [0.717, 1.165) is 39.5 Å². The van der Waals surface area contributed by atoms with Crippen molar-refractivity contribution in [2.75, 3.05) is 11.1 Å². The summed E-state index contributed by atoms with van der Waals surface area (Å²) >= 11 is 3.28. The lowest BCUT2D eigenvalue weighted by Gasteiger charge is -2.11. The van der Waals surface area contributed by atoms with E-state index in [9.17, 15) is 9.59 Å². The van der Waals surface area contributed by atoms with Gasteiger partial charge in [0.1, 0.15) is 5.00 Å². The van der Waals surface area contributed by atoms with Gasteiger partial charge in [0.15, 0.2) is 0 Å². The van der Waals surface area contributed by atoms with E-state index in [4.69, 9.17) is 5.73 Å². The molecule has 1 aromatic heterocycles. The monoisotopic (exact) mass is 361 g/mol. The van der Waals surface area contributed by atoms with E-state index in [1.165, 1.54) is 11.3 Å². The molecule has 1 aliphatic rings. The number of amides is 3. The van der Waals surface area contributed by atoms with Crippen molar-refractivity contribution in [3.8, 4) is 0 Å². The summed E-state index contributed by atoms with van der Waals surface area (Å²) in [4.78, 5) is 25.1. The maximum Gasteiger partial charge on any atom is 0.320 e. The summed E-state index contributed by atoms with van der Waals surface area (Å²) in [5.41, 5.74) is 9.18. The Labute approximate surface area is 149 Å². The lowest BCUT2D eigenvalue weighted by Crippen LogP contribution is -2.29. The number of nitrogens with one attached hydrogen (secondary N) is 2. The SMILES string of the molecule is Cc1cccc(CNC(=O)Nc2sc3c(c2C(N)=O)CCSC3)c1. The number of urea groups is 1. The van der Waals surface area contributed by atoms with Crippen molar-refractivity contribution in [2.45, 2.75) is 25.6 Å². The molecule has 4 N–H and O–H groups in total. The van der Waals surface area contributed by atoms with Crippen LogP contribution >= 0.6 is 23.1 Å². The van der Waals surface area contributed by atoms with Crippen molar-refractivity contribution in [2.24, 2.45) is 5.73 Å². The number of hydrogen-bond donors (Lipinski definition) is 3. The molecule has 0 atom stereocenters. The van der Waals surface area contributed by atoms with Crippen LogP contribution in [0.1, 0.15) is 31.9 Å². The topological polar surface area (TPSA) is 84.2 Å². The lowest BCUT2D eigenvalue weighted by molar-refractivity contribution is 0.100. The van der Waals surface area contributed by atoms with Crippen molar-refractivity contribution in [1.82, 2.24) is 5.32 Å². The molecule has 3 rings (SSSR count). The number of nitrogens with two attached hydrogens (primary N) is 1. The lowest BCUT2D eigenvalue weighted by atomic mass is 10.1. The average molecular weight is 361 g/mol. The second-order valence-corrected chi connectivity index (χ2v) is 7.88. The predicted molar refractivity (Wildman–Crippen MR) is 99.7 cm³/mol. The quantitative estimate of drug-likeness (QED) is 0.781. The first-order valence-corrected chi connectivity index (χ1v) is 9.64. The van der Waals surface area contributed by atoms with Crippen LogP contribution in [0.3, 0.4) is 0 Å². The van der Waals surface area contributed by atoms with Crippen LogP contribution in [-0.2, 0) is 18.7 Å². The fourth-order valence-corrected chi connectivity index (χ4v) is 5.11. The summed E-state index contributed by atoms with van der Waals surface area (Å²) in [6.45, 7) is 2.44. The zero-order chi connectivity index (χ0) is 17.1. The molecular formula is C17H19N3O2S2. The molecular weight excluding hydrogens is 342 g/mol. The average Bonchev–Trinajstić information content (AvgIpc) is 2.91. The molecule has 5 nitrogen and oxygen atoms in total. The van der Waals surface area contributed by atoms with E-state index in [0.29, 0.717) is 17.1 Å². The first-order valence-electron chi connectivity index (χ1n) is 7.67. The smallest absolute Gasteiger partial charge is 0.320 e. The van der Waals surface area contributed by atoms with Crippen LogP contribution in [0.4, 0.5) is 9.80 Å². The molecule has 2 aromatic rings. The highest BCUT2D eigenvalue weighted by atomic mass is 32.2. The summed E-state index contributed by atoms with van der Waals surface area (Å²) in [5, 5.41) is 6.17. The van der Waals surface area contributed by atoms with Crippen LogP contribution < -0.4 is 16.4 Å². The highest BCUT2D eigenvalue weighted by Gasteiger charge is 2.25. The molecule has 0 saturated carbocycles. The minimum Gasteiger partial charge on any atom is -0.365 e. The molecule has 0 aliphatic carbocycles. The van der Waals surface area contributed by atoms with Crippen LogP contribution in [-0.4, -0.2) is 17.7 Å². The maximum absolute atomic E-state index is 12.2. The minimum absolute atomic E-state index is 0.328. The van der Waals surface area contributed by atoms with E-state index in [-0.39, 0.29) is 6.03 Å². The fraction of sp³-hybridized carbons (Fsp3) is 0.294. The van der Waals surface area contributed by atoms with Crippen LogP contribution in [0.5, 0.6) is 0 Å². The Balaban J connectivity index is 1.70. The Kier molecular flexibility index (Phi) is 5.11. The molecule has 7 heteroatoms. The number of aryl methyl sites for hydroxylation is 1. The van der Waals surface area contributed by atoms with E-state index in [1.807, 2.05) is 43.0 Å². The number of thioether (sulfide) groups is 1. The summed E-state index contributed by atoms with van der Waals surface area (Å²) < 4.78 is 0. The predicted octanol–water partition coefficient (Wildman–Crippen LogP) is 3.27. The number of anilines is 1. The molecule has 126 valence electrons. The number of carbonyl (C=O) groups is 2. The highest BCUT2D eigenvalue weighted by Crippen LogP contribution is 2.39. The molecule has 0 spiro atoms. The zero-order valence-electron chi connectivity index (χ0n) is 13.3. The van der Waals surface area contributed by atoms with Gasteiger partial charge in [0.2, 0.25) is 0 Å². The van der Waals surface area contributed by atoms with Crippen molar-refractivity contribution < 1.29 is 9.59 Å². The van der Waals surface area contributed by atoms with Crippen molar-refractivity contribution in [3.63, 3.8) is 0 Å². The third-order valence-electron chi connectivity index (χ3n) is 3.83. The molecule has 24 heavy (non-hydrogen) atoms. The van der Waals surface area contributed by atoms with Gasteiger partial charge in [-0.25, -0.2) is 4.79 Å². The molecule has 0 fully saturated rings. The van der Waals surface area contributed by atoms with E-state index < -0.39 is 5.91 Å². The number of rotatable bonds is 4. The van der Waals surface area contributed by atoms with E-state index >= 15 is 0 Å². The first-order chi connectivity index (χ1) is 11.5. The van der Waals surface area contributed by atoms with Gasteiger partial charge in [-0.2, -0.15) is 11.8 Å². The molecule has 1 aromatic carbocycles. The van der Waals surface area contributed by atoms with Crippen molar-refractivity contribution in [3.05, 3.63) is 51.4 Å². The number of fused-ring (bicyclic) bond motifs is 1. The molecule has 0 saturated heterocycles. The summed E-state index contributed by atoms with van der Waals surface area (Å²) in [6, 6.07) is 7.63. The zero-order valence-corrected chi connectivity index (χ0v) is 15.0. The number of primary amides is 1. The standard InChI is InChI=1S/C17H19N3O2S2/c1-10-3-2-4-11(7-10)8-19-17(22)20-16-14(15(18)21)12-5-6-23-9-13(12)24-16/h2-4,7H,5-6,8-9H2,1H3,(H2,18,21)(H2,19,20,22). The highest BCUT2D eigenvalue weighted by molar-refractivity contribution is 7.98. The van der Waals surface area contributed by atoms with Crippen molar-refractivity contribution >= 4 is 40.0 Å². The molecule has 2 heterocycles. The maximum atomic E-state index is 12.2. The van der Waals surface area contributed by atoms with Crippen LogP contribution in [0.15, 0.2) is 24.3 Å². The van der Waals surface area contributed by atoms with Gasteiger partial charge in [0.05, 0.1) is 5.56 Å². The number of carbonyl (C=O) groups excluding carboxylic acids is 2. The van der Waals surface area contributed by atoms with Crippen LogP contribution in [0.2, 0.25) is 0 Å². The fourth-order valence-electron chi connectivity index (χ4n) is 2.73. The van der Waals surface area contributed by atoms with Crippen LogP contribution in [0.25, 0.3) is 0 Å². The molecule has 0 bridgehead atoms. The Morgan fingerprint density at radius 2 is 2.17 bits per heavy atom. The first kappa shape index (κ1) is 16.9. The second kappa shape index (κ2) is 7.27. The Morgan fingerprint density at radius 3 is 2.92 bits per heavy atom. The summed E-state index contributed by atoms with van der Waals surface area (Å²) in [7, 11) is 0. The van der Waals surface area contributed by atoms with Gasteiger partial charge in [-0.15, -0.1) is 11.3 Å². The number of hydrogen-bond acceptors (Lipinski definition) is 4. The minimum atomic E-state index is -0.478. The Bertz CT molecular complexity index is 786. The molecule has 0 unspecified atom stereocenters. The van der Waals surface area contributed by atoms with Gasteiger partial charge in [0, 0.05) is 17.2 Å². The number of thiophene rings is 1. The van der Waals surface area contributed by atoms with Gasteiger partial charge < -0.3 is 11.1 Å².